The summed E-state index contributed by atoms with van der Waals surface area (Å²) in [5.41, 5.74) is 0. The van der Waals surface area contributed by atoms with E-state index in [9.17, 15) is 13.2 Å². The Morgan fingerprint density at radius 3 is 2.55 bits per heavy atom. The van der Waals surface area contributed by atoms with Crippen molar-refractivity contribution < 1.29 is 13.2 Å². The predicted molar refractivity (Wildman–Crippen MR) is 33.6 cm³/mol. The highest BCUT2D eigenvalue weighted by Crippen LogP contribution is 2.16. The summed E-state index contributed by atoms with van der Waals surface area (Å²) >= 11 is 0. The van der Waals surface area contributed by atoms with Crippen LogP contribution in [0, 0.1) is 0 Å². The van der Waals surface area contributed by atoms with Crippen LogP contribution in [0.1, 0.15) is 0 Å². The average molecular weight is 162 g/mol. The molecule has 1 aromatic heterocycles. The minimum Gasteiger partial charge on any atom is -0.313 e. The van der Waals surface area contributed by atoms with Gasteiger partial charge in [0, 0.05) is 24.7 Å². The molecule has 0 saturated carbocycles. The Kier molecular flexibility index (Phi) is 1.98. The SMILES string of the molecule is FC(F)(F)C=Cn1ccnc1. The Hall–Kier alpha value is -1.26. The summed E-state index contributed by atoms with van der Waals surface area (Å²) in [5.74, 6) is 0. The van der Waals surface area contributed by atoms with Crippen LogP contribution >= 0.6 is 0 Å². The highest BCUT2D eigenvalue weighted by Gasteiger charge is 2.21. The smallest absolute Gasteiger partial charge is 0.313 e. The van der Waals surface area contributed by atoms with Gasteiger partial charge in [-0.25, -0.2) is 4.98 Å². The van der Waals surface area contributed by atoms with Crippen LogP contribution in [-0.4, -0.2) is 15.7 Å². The van der Waals surface area contributed by atoms with Gasteiger partial charge >= 0.3 is 6.18 Å². The molecule has 1 aromatic rings. The normalized spacial score (nSPS) is 12.6. The molecule has 0 saturated heterocycles. The van der Waals surface area contributed by atoms with Gasteiger partial charge in [-0.05, 0) is 0 Å². The van der Waals surface area contributed by atoms with E-state index in [1.54, 1.807) is 0 Å². The minimum absolute atomic E-state index is 0.147. The van der Waals surface area contributed by atoms with Gasteiger partial charge in [0.25, 0.3) is 0 Å². The first-order valence-corrected chi connectivity index (χ1v) is 2.81. The fraction of sp³-hybridized carbons (Fsp3) is 0.167. The molecule has 0 aliphatic carbocycles. The van der Waals surface area contributed by atoms with Crippen LogP contribution in [0.15, 0.2) is 24.8 Å². The Labute approximate surface area is 61.0 Å². The van der Waals surface area contributed by atoms with Gasteiger partial charge in [-0.1, -0.05) is 0 Å². The largest absolute Gasteiger partial charge is 0.411 e. The lowest BCUT2D eigenvalue weighted by Gasteiger charge is -1.96. The zero-order valence-corrected chi connectivity index (χ0v) is 5.42. The van der Waals surface area contributed by atoms with Crippen molar-refractivity contribution in [2.75, 3.05) is 0 Å². The molecule has 1 rings (SSSR count). The molecule has 0 amide bonds. The number of alkyl halides is 3. The van der Waals surface area contributed by atoms with E-state index in [1.165, 1.54) is 23.3 Å². The second-order valence-electron chi connectivity index (χ2n) is 1.87. The van der Waals surface area contributed by atoms with Crippen molar-refractivity contribution in [2.24, 2.45) is 0 Å². The van der Waals surface area contributed by atoms with Crippen molar-refractivity contribution in [1.29, 1.82) is 0 Å². The third-order valence-electron chi connectivity index (χ3n) is 0.961. The Morgan fingerprint density at radius 1 is 1.36 bits per heavy atom. The molecule has 60 valence electrons. The summed E-state index contributed by atoms with van der Waals surface area (Å²) in [7, 11) is 0. The van der Waals surface area contributed by atoms with Crippen LogP contribution in [0.3, 0.4) is 0 Å². The minimum atomic E-state index is -4.26. The number of hydrogen-bond acceptors (Lipinski definition) is 1. The van der Waals surface area contributed by atoms with Gasteiger partial charge in [-0.15, -0.1) is 0 Å². The van der Waals surface area contributed by atoms with Gasteiger partial charge in [0.2, 0.25) is 0 Å². The maximum absolute atomic E-state index is 11.5. The Balaban J connectivity index is 2.63. The molecule has 0 bridgehead atoms. The molecule has 0 aromatic carbocycles. The van der Waals surface area contributed by atoms with Gasteiger partial charge < -0.3 is 4.57 Å². The number of allylic oxidation sites excluding steroid dienone is 1. The van der Waals surface area contributed by atoms with Crippen molar-refractivity contribution in [3.8, 4) is 0 Å². The van der Waals surface area contributed by atoms with Crippen molar-refractivity contribution in [3.63, 3.8) is 0 Å². The lowest BCUT2D eigenvalue weighted by molar-refractivity contribution is -0.0792. The summed E-state index contributed by atoms with van der Waals surface area (Å²) in [6.07, 6.45) is 0.886. The standard InChI is InChI=1S/C6H5F3N2/c7-6(8,9)1-3-11-4-2-10-5-11/h1-5H. The van der Waals surface area contributed by atoms with Crippen LogP contribution in [0.25, 0.3) is 6.20 Å². The van der Waals surface area contributed by atoms with Crippen molar-refractivity contribution >= 4 is 6.20 Å². The van der Waals surface area contributed by atoms with Gasteiger partial charge in [-0.3, -0.25) is 0 Å². The maximum Gasteiger partial charge on any atom is 0.411 e. The molecule has 5 heteroatoms. The van der Waals surface area contributed by atoms with Crippen LogP contribution in [0.5, 0.6) is 0 Å². The first-order chi connectivity index (χ1) is 5.08. The quantitative estimate of drug-likeness (QED) is 0.616. The second-order valence-corrected chi connectivity index (χ2v) is 1.87. The molecular weight excluding hydrogens is 157 g/mol. The monoisotopic (exact) mass is 162 g/mol. The molecule has 0 aliphatic rings. The summed E-state index contributed by atoms with van der Waals surface area (Å²) < 4.78 is 35.8. The zero-order valence-electron chi connectivity index (χ0n) is 5.42. The van der Waals surface area contributed by atoms with E-state index in [0.29, 0.717) is 0 Å². The molecule has 1 heterocycles. The Morgan fingerprint density at radius 2 is 2.09 bits per heavy atom. The van der Waals surface area contributed by atoms with E-state index in [-0.39, 0.29) is 6.08 Å². The average Bonchev–Trinajstić information content (AvgIpc) is 2.32. The van der Waals surface area contributed by atoms with Crippen LogP contribution < -0.4 is 0 Å². The summed E-state index contributed by atoms with van der Waals surface area (Å²) in [5, 5.41) is 0. The fourth-order valence-electron chi connectivity index (χ4n) is 0.528. The first-order valence-electron chi connectivity index (χ1n) is 2.81. The van der Waals surface area contributed by atoms with E-state index in [2.05, 4.69) is 4.98 Å². The summed E-state index contributed by atoms with van der Waals surface area (Å²) in [4.78, 5) is 3.57. The van der Waals surface area contributed by atoms with E-state index in [0.717, 1.165) is 6.20 Å². The van der Waals surface area contributed by atoms with Gasteiger partial charge in [-0.2, -0.15) is 13.2 Å². The third kappa shape index (κ3) is 2.88. The molecule has 0 aliphatic heterocycles. The number of rotatable bonds is 1. The highest BCUT2D eigenvalue weighted by molar-refractivity contribution is 5.23. The molecular formula is C6H5F3N2. The van der Waals surface area contributed by atoms with Gasteiger partial charge in [0.1, 0.15) is 0 Å². The number of aromatic nitrogens is 2. The molecule has 0 fully saturated rings. The molecule has 0 atom stereocenters. The number of hydrogen-bond donors (Lipinski definition) is 0. The highest BCUT2D eigenvalue weighted by atomic mass is 19.4. The van der Waals surface area contributed by atoms with Gasteiger partial charge in [0.15, 0.2) is 0 Å². The summed E-state index contributed by atoms with van der Waals surface area (Å²) in [6, 6.07) is 0. The molecule has 0 N–H and O–H groups in total. The lowest BCUT2D eigenvalue weighted by atomic mass is 10.6. The third-order valence-corrected chi connectivity index (χ3v) is 0.961. The van der Waals surface area contributed by atoms with Crippen LogP contribution in [0.2, 0.25) is 0 Å². The van der Waals surface area contributed by atoms with Gasteiger partial charge in [0.05, 0.1) is 6.33 Å². The second kappa shape index (κ2) is 2.77. The number of halogens is 3. The fourth-order valence-corrected chi connectivity index (χ4v) is 0.528. The molecule has 0 spiro atoms. The number of nitrogens with zero attached hydrogens (tertiary/aromatic N) is 2. The van der Waals surface area contributed by atoms with E-state index >= 15 is 0 Å². The zero-order chi connectivity index (χ0) is 8.32. The Bertz CT molecular complexity index is 235. The topological polar surface area (TPSA) is 17.8 Å². The van der Waals surface area contributed by atoms with E-state index < -0.39 is 6.18 Å². The molecule has 2 nitrogen and oxygen atoms in total. The van der Waals surface area contributed by atoms with Crippen LogP contribution in [-0.2, 0) is 0 Å². The van der Waals surface area contributed by atoms with Crippen molar-refractivity contribution in [1.82, 2.24) is 9.55 Å². The predicted octanol–water partition coefficient (Wildman–Crippen LogP) is 1.92. The van der Waals surface area contributed by atoms with Crippen molar-refractivity contribution in [2.45, 2.75) is 6.18 Å². The lowest BCUT2D eigenvalue weighted by Crippen LogP contribution is -2.01. The summed E-state index contributed by atoms with van der Waals surface area (Å²) in [6.45, 7) is 0. The van der Waals surface area contributed by atoms with E-state index in [1.807, 2.05) is 0 Å². The van der Waals surface area contributed by atoms with E-state index in [4.69, 9.17) is 0 Å². The molecule has 0 unspecified atom stereocenters. The first kappa shape index (κ1) is 7.84. The van der Waals surface area contributed by atoms with Crippen molar-refractivity contribution in [3.05, 3.63) is 24.8 Å². The van der Waals surface area contributed by atoms with Crippen LogP contribution in [0.4, 0.5) is 13.2 Å². The molecule has 0 radical (unpaired) electrons. The number of imidazole rings is 1. The maximum atomic E-state index is 11.5. The molecule has 11 heavy (non-hydrogen) atoms.